The van der Waals surface area contributed by atoms with Crippen LogP contribution in [0.3, 0.4) is 0 Å². The highest BCUT2D eigenvalue weighted by molar-refractivity contribution is 7.17. The van der Waals surface area contributed by atoms with Crippen LogP contribution in [0.1, 0.15) is 41.8 Å². The van der Waals surface area contributed by atoms with Crippen molar-refractivity contribution >= 4 is 34.4 Å². The van der Waals surface area contributed by atoms with Crippen molar-refractivity contribution in [3.05, 3.63) is 10.0 Å². The molecular weight excluding hydrogens is 256 g/mol. The summed E-state index contributed by atoms with van der Waals surface area (Å²) in [5.41, 5.74) is 0. The topological polar surface area (TPSA) is 33.2 Å². The number of hydrogen-bond donors (Lipinski definition) is 0. The highest BCUT2D eigenvalue weighted by Gasteiger charge is 2.37. The molecule has 2 unspecified atom stereocenters. The van der Waals surface area contributed by atoms with Crippen LogP contribution < -0.4 is 4.90 Å². The van der Waals surface area contributed by atoms with Crippen molar-refractivity contribution in [3.63, 3.8) is 0 Å². The number of halogens is 1. The van der Waals surface area contributed by atoms with Crippen molar-refractivity contribution in [2.24, 2.45) is 5.92 Å². The number of fused-ring (bicyclic) bond motifs is 1. The largest absolute Gasteiger partial charge is 0.345 e. The zero-order valence-corrected chi connectivity index (χ0v) is 11.1. The second-order valence-corrected chi connectivity index (χ2v) is 6.23. The summed E-state index contributed by atoms with van der Waals surface area (Å²) in [7, 11) is 0. The molecule has 3 rings (SSSR count). The molecule has 1 saturated carbocycles. The van der Waals surface area contributed by atoms with E-state index in [9.17, 15) is 4.79 Å². The molecule has 92 valence electrons. The number of carbonyl (C=O) groups excluding carboxylic acids is 1. The molecule has 0 bridgehead atoms. The summed E-state index contributed by atoms with van der Waals surface area (Å²) >= 11 is 7.37. The van der Waals surface area contributed by atoms with Gasteiger partial charge in [0.1, 0.15) is 4.88 Å². The van der Waals surface area contributed by atoms with Crippen molar-refractivity contribution in [1.82, 2.24) is 4.98 Å². The molecule has 1 aromatic rings. The average Bonchev–Trinajstić information content (AvgIpc) is 2.92. The lowest BCUT2D eigenvalue weighted by atomic mass is 9.85. The Balaban J connectivity index is 1.85. The monoisotopic (exact) mass is 270 g/mol. The lowest BCUT2D eigenvalue weighted by molar-refractivity contribution is 0.112. The predicted octanol–water partition coefficient (Wildman–Crippen LogP) is 3.38. The van der Waals surface area contributed by atoms with Gasteiger partial charge < -0.3 is 4.90 Å². The SMILES string of the molecule is O=Cc1sc(N2CCC3CCCCC32)nc1Cl. The zero-order chi connectivity index (χ0) is 11.8. The van der Waals surface area contributed by atoms with Crippen LogP contribution in [0, 0.1) is 5.92 Å². The van der Waals surface area contributed by atoms with Gasteiger partial charge in [0.2, 0.25) is 0 Å². The van der Waals surface area contributed by atoms with Crippen LogP contribution in [-0.4, -0.2) is 23.9 Å². The van der Waals surface area contributed by atoms with E-state index in [-0.39, 0.29) is 0 Å². The number of rotatable bonds is 2. The highest BCUT2D eigenvalue weighted by Crippen LogP contribution is 2.41. The number of carbonyl (C=O) groups is 1. The molecule has 1 aliphatic carbocycles. The molecule has 17 heavy (non-hydrogen) atoms. The van der Waals surface area contributed by atoms with Gasteiger partial charge in [-0.25, -0.2) is 4.98 Å². The van der Waals surface area contributed by atoms with Crippen LogP contribution in [0.4, 0.5) is 5.13 Å². The third-order valence-corrected chi connectivity index (χ3v) is 5.38. The van der Waals surface area contributed by atoms with Gasteiger partial charge >= 0.3 is 0 Å². The Hall–Kier alpha value is -0.610. The van der Waals surface area contributed by atoms with Crippen LogP contribution in [0.2, 0.25) is 5.15 Å². The van der Waals surface area contributed by atoms with Gasteiger partial charge in [-0.1, -0.05) is 35.8 Å². The van der Waals surface area contributed by atoms with Gasteiger partial charge in [-0.3, -0.25) is 4.79 Å². The van der Waals surface area contributed by atoms with Gasteiger partial charge in [0.15, 0.2) is 16.6 Å². The minimum Gasteiger partial charge on any atom is -0.345 e. The van der Waals surface area contributed by atoms with E-state index in [0.717, 1.165) is 23.9 Å². The van der Waals surface area contributed by atoms with Gasteiger partial charge in [0.25, 0.3) is 0 Å². The maximum Gasteiger partial charge on any atom is 0.187 e. The summed E-state index contributed by atoms with van der Waals surface area (Å²) in [5.74, 6) is 0.825. The van der Waals surface area contributed by atoms with E-state index >= 15 is 0 Å². The zero-order valence-electron chi connectivity index (χ0n) is 9.56. The molecule has 0 N–H and O–H groups in total. The van der Waals surface area contributed by atoms with E-state index in [1.165, 1.54) is 43.4 Å². The van der Waals surface area contributed by atoms with E-state index in [4.69, 9.17) is 11.6 Å². The van der Waals surface area contributed by atoms with Gasteiger partial charge in [-0.05, 0) is 25.2 Å². The van der Waals surface area contributed by atoms with Crippen molar-refractivity contribution in [1.29, 1.82) is 0 Å². The third kappa shape index (κ3) is 1.97. The van der Waals surface area contributed by atoms with E-state index in [0.29, 0.717) is 16.1 Å². The Morgan fingerprint density at radius 1 is 1.35 bits per heavy atom. The summed E-state index contributed by atoms with van der Waals surface area (Å²) in [6, 6.07) is 0.630. The Kier molecular flexibility index (Phi) is 3.09. The van der Waals surface area contributed by atoms with E-state index < -0.39 is 0 Å². The lowest BCUT2D eigenvalue weighted by Crippen LogP contribution is -2.34. The number of aldehydes is 1. The number of thiazole rings is 1. The van der Waals surface area contributed by atoms with E-state index in [1.807, 2.05) is 0 Å². The molecule has 2 aliphatic rings. The first kappa shape index (κ1) is 11.5. The molecule has 2 fully saturated rings. The Morgan fingerprint density at radius 3 is 2.94 bits per heavy atom. The van der Waals surface area contributed by atoms with Crippen molar-refractivity contribution < 1.29 is 4.79 Å². The maximum absolute atomic E-state index is 10.8. The number of anilines is 1. The average molecular weight is 271 g/mol. The molecule has 0 aromatic carbocycles. The number of nitrogens with zero attached hydrogens (tertiary/aromatic N) is 2. The minimum absolute atomic E-state index is 0.360. The van der Waals surface area contributed by atoms with Gasteiger partial charge in [-0.15, -0.1) is 0 Å². The lowest BCUT2D eigenvalue weighted by Gasteiger charge is -2.31. The fourth-order valence-corrected chi connectivity index (χ4v) is 4.29. The molecule has 2 atom stereocenters. The highest BCUT2D eigenvalue weighted by atomic mass is 35.5. The summed E-state index contributed by atoms with van der Waals surface area (Å²) in [6.45, 7) is 1.07. The van der Waals surface area contributed by atoms with E-state index in [2.05, 4.69) is 9.88 Å². The fraction of sp³-hybridized carbons (Fsp3) is 0.667. The van der Waals surface area contributed by atoms with Crippen LogP contribution in [-0.2, 0) is 0 Å². The molecule has 3 nitrogen and oxygen atoms in total. The second-order valence-electron chi connectivity index (χ2n) is 4.86. The van der Waals surface area contributed by atoms with Crippen molar-refractivity contribution in [2.45, 2.75) is 38.1 Å². The van der Waals surface area contributed by atoms with Gasteiger partial charge in [0, 0.05) is 12.6 Å². The second kappa shape index (κ2) is 4.58. The standard InChI is InChI=1S/C12H15ClN2OS/c13-11-10(7-16)17-12(14-11)15-6-5-8-3-1-2-4-9(8)15/h7-9H,1-6H2. The van der Waals surface area contributed by atoms with Gasteiger partial charge in [-0.2, -0.15) is 0 Å². The first-order valence-electron chi connectivity index (χ1n) is 6.17. The summed E-state index contributed by atoms with van der Waals surface area (Å²) in [4.78, 5) is 18.1. The van der Waals surface area contributed by atoms with E-state index in [1.54, 1.807) is 0 Å². The molecule has 0 radical (unpaired) electrons. The Labute approximate surface area is 110 Å². The van der Waals surface area contributed by atoms with Crippen molar-refractivity contribution in [3.8, 4) is 0 Å². The predicted molar refractivity (Wildman–Crippen MR) is 70.2 cm³/mol. The van der Waals surface area contributed by atoms with Gasteiger partial charge in [0.05, 0.1) is 0 Å². The summed E-state index contributed by atoms with van der Waals surface area (Å²) < 4.78 is 0. The van der Waals surface area contributed by atoms with Crippen molar-refractivity contribution in [2.75, 3.05) is 11.4 Å². The molecular formula is C12H15ClN2OS. The molecule has 5 heteroatoms. The Morgan fingerprint density at radius 2 is 2.18 bits per heavy atom. The first-order valence-corrected chi connectivity index (χ1v) is 7.37. The molecule has 0 amide bonds. The molecule has 1 aromatic heterocycles. The number of hydrogen-bond acceptors (Lipinski definition) is 4. The van der Waals surface area contributed by atoms with Crippen LogP contribution in [0.15, 0.2) is 0 Å². The first-order chi connectivity index (χ1) is 8.29. The van der Waals surface area contributed by atoms with Crippen LogP contribution >= 0.6 is 22.9 Å². The molecule has 0 spiro atoms. The normalized spacial score (nSPS) is 28.2. The maximum atomic E-state index is 10.8. The van der Waals surface area contributed by atoms with Crippen LogP contribution in [0.5, 0.6) is 0 Å². The molecule has 2 heterocycles. The molecule has 1 saturated heterocycles. The smallest absolute Gasteiger partial charge is 0.187 e. The van der Waals surface area contributed by atoms with Crippen LogP contribution in [0.25, 0.3) is 0 Å². The third-order valence-electron chi connectivity index (χ3n) is 3.96. The minimum atomic E-state index is 0.360. The molecule has 1 aliphatic heterocycles. The Bertz CT molecular complexity index is 434. The summed E-state index contributed by atoms with van der Waals surface area (Å²) in [6.07, 6.45) is 7.36. The quantitative estimate of drug-likeness (QED) is 0.773. The fourth-order valence-electron chi connectivity index (χ4n) is 3.14. The summed E-state index contributed by atoms with van der Waals surface area (Å²) in [5, 5.41) is 1.30. The number of aromatic nitrogens is 1.